The largest absolute Gasteiger partial charge is 0.379 e. The fourth-order valence-corrected chi connectivity index (χ4v) is 1.17. The summed E-state index contributed by atoms with van der Waals surface area (Å²) >= 11 is 0. The van der Waals surface area contributed by atoms with E-state index in [-0.39, 0.29) is 18.4 Å². The molecule has 66 valence electrons. The first-order chi connectivity index (χ1) is 5.74. The average molecular weight is 168 g/mol. The van der Waals surface area contributed by atoms with Gasteiger partial charge in [0, 0.05) is 5.92 Å². The molecule has 0 saturated carbocycles. The van der Waals surface area contributed by atoms with Crippen molar-refractivity contribution in [2.24, 2.45) is 5.92 Å². The van der Waals surface area contributed by atoms with Crippen LogP contribution in [-0.2, 0) is 9.53 Å². The second kappa shape index (κ2) is 4.07. The molecular weight excluding hydrogens is 156 g/mol. The number of carbonyl (C=O) groups excluding carboxylic acids is 1. The smallest absolute Gasteiger partial charge is 0.234 e. The zero-order chi connectivity index (χ0) is 8.97. The zero-order valence-corrected chi connectivity index (χ0v) is 7.04. The minimum Gasteiger partial charge on any atom is -0.379 e. The fraction of sp³-hybridized carbons (Fsp3) is 0.750. The minimum atomic E-state index is -0.208. The Bertz CT molecular complexity index is 210. The lowest BCUT2D eigenvalue weighted by atomic mass is 10.1. The number of ether oxygens (including phenoxy) is 1. The van der Waals surface area contributed by atoms with Crippen LogP contribution in [0.4, 0.5) is 0 Å². The van der Waals surface area contributed by atoms with Gasteiger partial charge in [0.2, 0.25) is 5.91 Å². The van der Waals surface area contributed by atoms with Gasteiger partial charge in [-0.2, -0.15) is 5.26 Å². The molecule has 1 aliphatic rings. The van der Waals surface area contributed by atoms with Gasteiger partial charge in [0.25, 0.3) is 0 Å². The van der Waals surface area contributed by atoms with Gasteiger partial charge in [0.1, 0.15) is 6.42 Å². The van der Waals surface area contributed by atoms with Gasteiger partial charge in [0.05, 0.1) is 25.3 Å². The third kappa shape index (κ3) is 2.21. The van der Waals surface area contributed by atoms with Gasteiger partial charge in [-0.05, 0) is 0 Å². The minimum absolute atomic E-state index is 0.0663. The van der Waals surface area contributed by atoms with E-state index in [4.69, 9.17) is 10.00 Å². The first kappa shape index (κ1) is 9.01. The molecule has 0 bridgehead atoms. The molecule has 4 heteroatoms. The van der Waals surface area contributed by atoms with Crippen LogP contribution in [0.15, 0.2) is 0 Å². The Morgan fingerprint density at radius 2 is 2.50 bits per heavy atom. The molecule has 12 heavy (non-hydrogen) atoms. The molecule has 1 saturated heterocycles. The lowest BCUT2D eigenvalue weighted by Crippen LogP contribution is -2.38. The van der Waals surface area contributed by atoms with Gasteiger partial charge < -0.3 is 10.1 Å². The summed E-state index contributed by atoms with van der Waals surface area (Å²) in [5.41, 5.74) is 0. The molecule has 0 aromatic heterocycles. The SMILES string of the molecule is CC1COCC1NC(=O)CC#N. The Hall–Kier alpha value is -1.08. The molecular formula is C8H12N2O2. The number of nitriles is 1. The van der Waals surface area contributed by atoms with Crippen LogP contribution in [0.1, 0.15) is 13.3 Å². The van der Waals surface area contributed by atoms with Crippen molar-refractivity contribution in [3.63, 3.8) is 0 Å². The van der Waals surface area contributed by atoms with Gasteiger partial charge in [-0.1, -0.05) is 6.92 Å². The molecule has 0 aromatic carbocycles. The highest BCUT2D eigenvalue weighted by Gasteiger charge is 2.25. The fourth-order valence-electron chi connectivity index (χ4n) is 1.17. The molecule has 4 nitrogen and oxygen atoms in total. The van der Waals surface area contributed by atoms with E-state index in [0.29, 0.717) is 19.1 Å². The number of hydrogen-bond donors (Lipinski definition) is 1. The van der Waals surface area contributed by atoms with Crippen LogP contribution in [0.25, 0.3) is 0 Å². The third-order valence-corrected chi connectivity index (χ3v) is 1.95. The first-order valence-electron chi connectivity index (χ1n) is 3.98. The molecule has 1 aliphatic heterocycles. The molecule has 0 aromatic rings. The summed E-state index contributed by atoms with van der Waals surface area (Å²) in [6, 6.07) is 1.89. The van der Waals surface area contributed by atoms with Gasteiger partial charge in [-0.3, -0.25) is 4.79 Å². The second-order valence-corrected chi connectivity index (χ2v) is 3.02. The van der Waals surface area contributed by atoms with Crippen LogP contribution >= 0.6 is 0 Å². The van der Waals surface area contributed by atoms with E-state index < -0.39 is 0 Å². The lowest BCUT2D eigenvalue weighted by Gasteiger charge is -2.13. The van der Waals surface area contributed by atoms with Crippen molar-refractivity contribution in [2.75, 3.05) is 13.2 Å². The molecule has 0 radical (unpaired) electrons. The van der Waals surface area contributed by atoms with E-state index in [1.54, 1.807) is 6.07 Å². The van der Waals surface area contributed by atoms with Crippen LogP contribution in [0, 0.1) is 17.2 Å². The van der Waals surface area contributed by atoms with Crippen LogP contribution < -0.4 is 5.32 Å². The van der Waals surface area contributed by atoms with Crippen molar-refractivity contribution in [2.45, 2.75) is 19.4 Å². The Balaban J connectivity index is 2.31. The van der Waals surface area contributed by atoms with E-state index >= 15 is 0 Å². The highest BCUT2D eigenvalue weighted by atomic mass is 16.5. The monoisotopic (exact) mass is 168 g/mol. The Labute approximate surface area is 71.5 Å². The van der Waals surface area contributed by atoms with E-state index in [1.807, 2.05) is 6.92 Å². The normalized spacial score (nSPS) is 28.0. The molecule has 1 heterocycles. The maximum absolute atomic E-state index is 11.0. The van der Waals surface area contributed by atoms with Crippen molar-refractivity contribution >= 4 is 5.91 Å². The van der Waals surface area contributed by atoms with Crippen LogP contribution in [-0.4, -0.2) is 25.2 Å². The molecule has 1 amide bonds. The highest BCUT2D eigenvalue weighted by molar-refractivity contribution is 5.78. The number of carbonyl (C=O) groups is 1. The Morgan fingerprint density at radius 3 is 3.00 bits per heavy atom. The number of nitrogens with zero attached hydrogens (tertiary/aromatic N) is 1. The van der Waals surface area contributed by atoms with E-state index in [1.165, 1.54) is 0 Å². The molecule has 1 rings (SSSR count). The summed E-state index contributed by atoms with van der Waals surface area (Å²) in [5, 5.41) is 11.0. The van der Waals surface area contributed by atoms with Gasteiger partial charge in [0.15, 0.2) is 0 Å². The highest BCUT2D eigenvalue weighted by Crippen LogP contribution is 2.11. The van der Waals surface area contributed by atoms with Crippen molar-refractivity contribution in [3.8, 4) is 6.07 Å². The van der Waals surface area contributed by atoms with Crippen LogP contribution in [0.3, 0.4) is 0 Å². The maximum Gasteiger partial charge on any atom is 0.234 e. The summed E-state index contributed by atoms with van der Waals surface area (Å²) in [5.74, 6) is 0.146. The quantitative estimate of drug-likeness (QED) is 0.633. The zero-order valence-electron chi connectivity index (χ0n) is 7.04. The molecule has 1 fully saturated rings. The lowest BCUT2D eigenvalue weighted by molar-refractivity contribution is -0.121. The van der Waals surface area contributed by atoms with Crippen molar-refractivity contribution in [1.29, 1.82) is 5.26 Å². The van der Waals surface area contributed by atoms with E-state index in [0.717, 1.165) is 0 Å². The van der Waals surface area contributed by atoms with Crippen molar-refractivity contribution < 1.29 is 9.53 Å². The number of nitrogens with one attached hydrogen (secondary N) is 1. The summed E-state index contributed by atoms with van der Waals surface area (Å²) < 4.78 is 5.15. The molecule has 0 aliphatic carbocycles. The molecule has 0 spiro atoms. The van der Waals surface area contributed by atoms with Gasteiger partial charge >= 0.3 is 0 Å². The average Bonchev–Trinajstić information content (AvgIpc) is 2.37. The first-order valence-corrected chi connectivity index (χ1v) is 3.98. The molecule has 1 N–H and O–H groups in total. The van der Waals surface area contributed by atoms with Gasteiger partial charge in [-0.15, -0.1) is 0 Å². The van der Waals surface area contributed by atoms with Crippen molar-refractivity contribution in [1.82, 2.24) is 5.32 Å². The third-order valence-electron chi connectivity index (χ3n) is 1.95. The number of hydrogen-bond acceptors (Lipinski definition) is 3. The predicted octanol–water partition coefficient (Wildman–Crippen LogP) is 0.0512. The summed E-state index contributed by atoms with van der Waals surface area (Å²) in [6.07, 6.45) is -0.0663. The summed E-state index contributed by atoms with van der Waals surface area (Å²) in [6.45, 7) is 3.28. The van der Waals surface area contributed by atoms with Gasteiger partial charge in [-0.25, -0.2) is 0 Å². The Kier molecular flexibility index (Phi) is 3.06. The van der Waals surface area contributed by atoms with Crippen LogP contribution in [0.2, 0.25) is 0 Å². The van der Waals surface area contributed by atoms with Crippen molar-refractivity contribution in [3.05, 3.63) is 0 Å². The Morgan fingerprint density at radius 1 is 1.75 bits per heavy atom. The van der Waals surface area contributed by atoms with E-state index in [9.17, 15) is 4.79 Å². The summed E-state index contributed by atoms with van der Waals surface area (Å²) in [4.78, 5) is 11.0. The topological polar surface area (TPSA) is 62.1 Å². The predicted molar refractivity (Wildman–Crippen MR) is 42.1 cm³/mol. The molecule has 2 atom stereocenters. The number of rotatable bonds is 2. The number of amides is 1. The standard InChI is InChI=1S/C8H12N2O2/c1-6-4-12-5-7(6)10-8(11)2-3-9/h6-7H,2,4-5H2,1H3,(H,10,11). The van der Waals surface area contributed by atoms with E-state index in [2.05, 4.69) is 5.32 Å². The summed E-state index contributed by atoms with van der Waals surface area (Å²) in [7, 11) is 0. The maximum atomic E-state index is 11.0. The molecule has 2 unspecified atom stereocenters. The van der Waals surface area contributed by atoms with Crippen LogP contribution in [0.5, 0.6) is 0 Å². The second-order valence-electron chi connectivity index (χ2n) is 3.02.